The van der Waals surface area contributed by atoms with Gasteiger partial charge in [0.1, 0.15) is 6.54 Å². The molecule has 1 atom stereocenters. The van der Waals surface area contributed by atoms with E-state index in [1.807, 2.05) is 32.9 Å². The van der Waals surface area contributed by atoms with E-state index >= 15 is 0 Å². The lowest BCUT2D eigenvalue weighted by atomic mass is 9.99. The van der Waals surface area contributed by atoms with Crippen molar-refractivity contribution in [3.63, 3.8) is 0 Å². The van der Waals surface area contributed by atoms with Gasteiger partial charge in [-0.25, -0.2) is 8.42 Å². The Hall–Kier alpha value is -2.34. The number of sulfonamides is 1. The third kappa shape index (κ3) is 6.82. The number of hydrogen-bond donors (Lipinski definition) is 1. The number of rotatable bonds is 11. The third-order valence-corrected chi connectivity index (χ3v) is 7.42. The molecule has 170 valence electrons. The van der Waals surface area contributed by atoms with E-state index in [0.717, 1.165) is 42.4 Å². The van der Waals surface area contributed by atoms with Crippen molar-refractivity contribution in [2.45, 2.75) is 65.2 Å². The number of anilines is 1. The van der Waals surface area contributed by atoms with Crippen LogP contribution in [-0.2, 0) is 14.8 Å². The smallest absolute Gasteiger partial charge is 0.264 e. The molecule has 31 heavy (non-hydrogen) atoms. The van der Waals surface area contributed by atoms with Crippen LogP contribution in [0.3, 0.4) is 0 Å². The van der Waals surface area contributed by atoms with Gasteiger partial charge >= 0.3 is 0 Å². The van der Waals surface area contributed by atoms with Gasteiger partial charge in [0.05, 0.1) is 10.6 Å². The van der Waals surface area contributed by atoms with Crippen LogP contribution in [0, 0.1) is 26.7 Å². The largest absolute Gasteiger partial charge is 0.354 e. The summed E-state index contributed by atoms with van der Waals surface area (Å²) in [5, 5.41) is 2.96. The zero-order valence-corrected chi connectivity index (χ0v) is 20.3. The highest BCUT2D eigenvalue weighted by Crippen LogP contribution is 2.27. The molecule has 0 fully saturated rings. The van der Waals surface area contributed by atoms with Gasteiger partial charge in [0.25, 0.3) is 10.0 Å². The Morgan fingerprint density at radius 2 is 1.65 bits per heavy atom. The van der Waals surface area contributed by atoms with Gasteiger partial charge < -0.3 is 5.32 Å². The van der Waals surface area contributed by atoms with Crippen molar-refractivity contribution in [3.05, 3.63) is 59.2 Å². The fourth-order valence-electron chi connectivity index (χ4n) is 3.61. The number of aryl methyl sites for hydroxylation is 3. The Kier molecular flexibility index (Phi) is 9.11. The summed E-state index contributed by atoms with van der Waals surface area (Å²) in [4.78, 5) is 13.0. The van der Waals surface area contributed by atoms with Gasteiger partial charge in [-0.15, -0.1) is 0 Å². The van der Waals surface area contributed by atoms with Gasteiger partial charge in [-0.1, -0.05) is 68.5 Å². The van der Waals surface area contributed by atoms with Crippen molar-refractivity contribution < 1.29 is 13.2 Å². The fraction of sp³-hybridized carbons (Fsp3) is 0.480. The quantitative estimate of drug-likeness (QED) is 0.522. The van der Waals surface area contributed by atoms with E-state index in [1.165, 1.54) is 4.31 Å². The molecule has 2 aromatic rings. The minimum atomic E-state index is -3.89. The van der Waals surface area contributed by atoms with Crippen LogP contribution < -0.4 is 9.62 Å². The van der Waals surface area contributed by atoms with Gasteiger partial charge in [-0.3, -0.25) is 9.10 Å². The van der Waals surface area contributed by atoms with E-state index in [4.69, 9.17) is 0 Å². The van der Waals surface area contributed by atoms with Crippen LogP contribution >= 0.6 is 0 Å². The maximum absolute atomic E-state index is 13.5. The maximum Gasteiger partial charge on any atom is 0.264 e. The molecule has 5 nitrogen and oxygen atoms in total. The molecule has 0 unspecified atom stereocenters. The highest BCUT2D eigenvalue weighted by atomic mass is 32.2. The summed E-state index contributed by atoms with van der Waals surface area (Å²) < 4.78 is 28.2. The average molecular weight is 445 g/mol. The molecule has 6 heteroatoms. The van der Waals surface area contributed by atoms with E-state index in [-0.39, 0.29) is 17.3 Å². The highest BCUT2D eigenvalue weighted by molar-refractivity contribution is 7.92. The van der Waals surface area contributed by atoms with Crippen molar-refractivity contribution in [2.75, 3.05) is 17.4 Å². The zero-order chi connectivity index (χ0) is 23.0. The van der Waals surface area contributed by atoms with Crippen LogP contribution in [0.2, 0.25) is 0 Å². The van der Waals surface area contributed by atoms with Crippen molar-refractivity contribution in [2.24, 2.45) is 5.92 Å². The first-order valence-electron chi connectivity index (χ1n) is 11.1. The summed E-state index contributed by atoms with van der Waals surface area (Å²) in [7, 11) is -3.89. The fourth-order valence-corrected chi connectivity index (χ4v) is 5.10. The Morgan fingerprint density at radius 3 is 2.23 bits per heavy atom. The number of nitrogens with one attached hydrogen (secondary N) is 1. The first-order chi connectivity index (χ1) is 14.7. The predicted octanol–water partition coefficient (Wildman–Crippen LogP) is 5.14. The van der Waals surface area contributed by atoms with Crippen LogP contribution in [0.5, 0.6) is 0 Å². The Bertz CT molecular complexity index is 969. The number of carbonyl (C=O) groups is 1. The second kappa shape index (κ2) is 11.3. The van der Waals surface area contributed by atoms with Crippen molar-refractivity contribution in [1.29, 1.82) is 0 Å². The molecule has 0 heterocycles. The lowest BCUT2D eigenvalue weighted by Crippen LogP contribution is -2.42. The molecule has 0 bridgehead atoms. The SMILES string of the molecule is CCCC[C@H](CC)CNC(=O)CN(c1ccc(C)cc1C)S(=O)(=O)c1ccc(C)cc1. The van der Waals surface area contributed by atoms with Gasteiger partial charge in [0, 0.05) is 6.54 Å². The van der Waals surface area contributed by atoms with Crippen LogP contribution in [0.1, 0.15) is 56.2 Å². The standard InChI is InChI=1S/C25H36N2O3S/c1-6-8-9-22(7-2)17-26-25(28)18-27(24-15-12-20(4)16-21(24)5)31(29,30)23-13-10-19(3)11-14-23/h10-16,22H,6-9,17-18H2,1-5H3,(H,26,28)/t22-/m0/s1. The first kappa shape index (κ1) is 24.9. The number of unbranched alkanes of at least 4 members (excludes halogenated alkanes) is 1. The molecule has 2 rings (SSSR count). The number of hydrogen-bond acceptors (Lipinski definition) is 3. The molecule has 0 saturated carbocycles. The van der Waals surface area contributed by atoms with Crippen LogP contribution in [0.25, 0.3) is 0 Å². The van der Waals surface area contributed by atoms with E-state index in [0.29, 0.717) is 18.2 Å². The van der Waals surface area contributed by atoms with Crippen LogP contribution in [-0.4, -0.2) is 27.4 Å². The van der Waals surface area contributed by atoms with Crippen molar-refractivity contribution >= 4 is 21.6 Å². The highest BCUT2D eigenvalue weighted by Gasteiger charge is 2.28. The van der Waals surface area contributed by atoms with Gasteiger partial charge in [-0.2, -0.15) is 0 Å². The van der Waals surface area contributed by atoms with E-state index in [2.05, 4.69) is 19.2 Å². The Labute approximate surface area is 187 Å². The number of benzene rings is 2. The third-order valence-electron chi connectivity index (χ3n) is 5.65. The summed E-state index contributed by atoms with van der Waals surface area (Å²) in [5.41, 5.74) is 3.37. The summed E-state index contributed by atoms with van der Waals surface area (Å²) in [5.74, 6) is 0.123. The molecule has 0 aliphatic rings. The topological polar surface area (TPSA) is 66.5 Å². The second-order valence-corrected chi connectivity index (χ2v) is 10.2. The Balaban J connectivity index is 2.30. The van der Waals surface area contributed by atoms with Crippen molar-refractivity contribution in [3.8, 4) is 0 Å². The van der Waals surface area contributed by atoms with Gasteiger partial charge in [-0.05, 0) is 56.9 Å². The molecule has 0 aliphatic heterocycles. The summed E-state index contributed by atoms with van der Waals surface area (Å²) in [6.07, 6.45) is 4.31. The van der Waals surface area contributed by atoms with E-state index in [1.54, 1.807) is 30.3 Å². The molecule has 0 aliphatic carbocycles. The molecule has 1 amide bonds. The second-order valence-electron chi connectivity index (χ2n) is 8.34. The first-order valence-corrected chi connectivity index (χ1v) is 12.6. The number of carbonyl (C=O) groups excluding carboxylic acids is 1. The monoisotopic (exact) mass is 444 g/mol. The minimum absolute atomic E-state index is 0.181. The van der Waals surface area contributed by atoms with Crippen LogP contribution in [0.15, 0.2) is 47.4 Å². The van der Waals surface area contributed by atoms with Crippen LogP contribution in [0.4, 0.5) is 5.69 Å². The minimum Gasteiger partial charge on any atom is -0.354 e. The lowest BCUT2D eigenvalue weighted by molar-refractivity contribution is -0.119. The van der Waals surface area contributed by atoms with E-state index < -0.39 is 10.0 Å². The number of nitrogens with zero attached hydrogens (tertiary/aromatic N) is 1. The molecule has 1 N–H and O–H groups in total. The Morgan fingerprint density at radius 1 is 1.00 bits per heavy atom. The molecule has 0 aromatic heterocycles. The predicted molar refractivity (Wildman–Crippen MR) is 128 cm³/mol. The number of amides is 1. The average Bonchev–Trinajstić information content (AvgIpc) is 2.73. The maximum atomic E-state index is 13.5. The van der Waals surface area contributed by atoms with Gasteiger partial charge in [0.15, 0.2) is 0 Å². The van der Waals surface area contributed by atoms with Crippen molar-refractivity contribution in [1.82, 2.24) is 5.32 Å². The zero-order valence-electron chi connectivity index (χ0n) is 19.4. The molecule has 0 saturated heterocycles. The lowest BCUT2D eigenvalue weighted by Gasteiger charge is -2.26. The molecular weight excluding hydrogens is 408 g/mol. The molecular formula is C25H36N2O3S. The summed E-state index contributed by atoms with van der Waals surface area (Å²) in [6, 6.07) is 12.3. The van der Waals surface area contributed by atoms with Gasteiger partial charge in [0.2, 0.25) is 5.91 Å². The summed E-state index contributed by atoms with van der Waals surface area (Å²) >= 11 is 0. The normalized spacial score (nSPS) is 12.4. The molecule has 0 radical (unpaired) electrons. The van der Waals surface area contributed by atoms with E-state index in [9.17, 15) is 13.2 Å². The molecule has 2 aromatic carbocycles. The summed E-state index contributed by atoms with van der Waals surface area (Å²) in [6.45, 7) is 10.3. The molecule has 0 spiro atoms.